The number of H-pyrrole nitrogens is 2. The number of nitrogens with zero attached hydrogens (tertiary/aromatic N) is 4. The minimum atomic E-state index is -3.64. The van der Waals surface area contributed by atoms with Gasteiger partial charge in [-0.1, -0.05) is 18.6 Å². The van der Waals surface area contributed by atoms with Crippen LogP contribution in [0.1, 0.15) is 30.2 Å². The van der Waals surface area contributed by atoms with Gasteiger partial charge in [0.25, 0.3) is 0 Å². The van der Waals surface area contributed by atoms with Gasteiger partial charge >= 0.3 is 0 Å². The van der Waals surface area contributed by atoms with Crippen LogP contribution in [0, 0.1) is 11.7 Å². The van der Waals surface area contributed by atoms with Crippen LogP contribution in [-0.4, -0.2) is 50.7 Å². The van der Waals surface area contributed by atoms with Gasteiger partial charge in [0, 0.05) is 34.9 Å². The van der Waals surface area contributed by atoms with E-state index in [2.05, 4.69) is 30.5 Å². The standard InChI is InChI=1S/C31H27FN8O3S/c1-44(42,43)29(33)18-8-17(9-20(32)10-18)22-6-3-7-24-27(22)38-30(37-24)28-23-12-25(35-15-26(23)39-40-28)19-11-21(14-34-13-19)36-31(41)16-4-2-5-16/h3,6-16,29H,2,4-5,33H2,1H3,(H,36,41)(H,37,38)(H,39,40). The first-order valence-electron chi connectivity index (χ1n) is 14.0. The van der Waals surface area contributed by atoms with Crippen LogP contribution in [0.5, 0.6) is 0 Å². The Morgan fingerprint density at radius 2 is 1.91 bits per heavy atom. The van der Waals surface area contributed by atoms with E-state index in [1.54, 1.807) is 36.8 Å². The molecule has 1 atom stereocenters. The summed E-state index contributed by atoms with van der Waals surface area (Å²) in [6, 6.07) is 13.2. The fourth-order valence-electron chi connectivity index (χ4n) is 5.37. The Kier molecular flexibility index (Phi) is 6.70. The number of nitrogens with one attached hydrogen (secondary N) is 3. The number of benzene rings is 2. The number of para-hydroxylation sites is 1. The van der Waals surface area contributed by atoms with Crippen LogP contribution >= 0.6 is 0 Å². The molecule has 11 nitrogen and oxygen atoms in total. The zero-order chi connectivity index (χ0) is 30.6. The van der Waals surface area contributed by atoms with E-state index < -0.39 is 21.0 Å². The van der Waals surface area contributed by atoms with Crippen molar-refractivity contribution >= 4 is 43.4 Å². The minimum Gasteiger partial charge on any atom is -0.337 e. The van der Waals surface area contributed by atoms with Gasteiger partial charge in [-0.25, -0.2) is 17.8 Å². The van der Waals surface area contributed by atoms with Gasteiger partial charge in [-0.15, -0.1) is 0 Å². The zero-order valence-corrected chi connectivity index (χ0v) is 24.3. The van der Waals surface area contributed by atoms with Crippen molar-refractivity contribution in [1.82, 2.24) is 30.1 Å². The Hall–Kier alpha value is -5.01. The van der Waals surface area contributed by atoms with Crippen LogP contribution in [0.15, 0.2) is 67.1 Å². The van der Waals surface area contributed by atoms with Gasteiger partial charge in [0.2, 0.25) is 5.91 Å². The molecule has 5 N–H and O–H groups in total. The maximum atomic E-state index is 14.7. The number of aromatic amines is 2. The molecule has 7 rings (SSSR count). The van der Waals surface area contributed by atoms with Crippen LogP contribution < -0.4 is 11.1 Å². The molecule has 0 spiro atoms. The average Bonchev–Trinajstić information content (AvgIpc) is 3.59. The van der Waals surface area contributed by atoms with Crippen LogP contribution in [0.3, 0.4) is 0 Å². The number of hydrogen-bond donors (Lipinski definition) is 4. The number of carbonyl (C=O) groups excluding carboxylic acids is 1. The number of pyridine rings is 2. The lowest BCUT2D eigenvalue weighted by molar-refractivity contribution is -0.122. The summed E-state index contributed by atoms with van der Waals surface area (Å²) < 4.78 is 38.8. The summed E-state index contributed by atoms with van der Waals surface area (Å²) in [4.78, 5) is 29.4. The third kappa shape index (κ3) is 5.09. The molecule has 13 heteroatoms. The van der Waals surface area contributed by atoms with E-state index in [1.165, 1.54) is 6.07 Å². The molecule has 0 bridgehead atoms. The zero-order valence-electron chi connectivity index (χ0n) is 23.5. The van der Waals surface area contributed by atoms with Gasteiger partial charge in [-0.2, -0.15) is 5.10 Å². The topological polar surface area (TPSA) is 172 Å². The molecule has 6 aromatic rings. The van der Waals surface area contributed by atoms with Gasteiger partial charge < -0.3 is 16.0 Å². The van der Waals surface area contributed by atoms with Gasteiger partial charge in [0.1, 0.15) is 16.9 Å². The molecule has 4 heterocycles. The van der Waals surface area contributed by atoms with Crippen LogP contribution in [0.25, 0.3) is 55.8 Å². The van der Waals surface area contributed by atoms with E-state index in [4.69, 9.17) is 10.7 Å². The predicted molar refractivity (Wildman–Crippen MR) is 165 cm³/mol. The highest BCUT2D eigenvalue weighted by atomic mass is 32.2. The SMILES string of the molecule is CS(=O)(=O)C(N)c1cc(F)cc(-c2cccc3[nH]c(-c4n[nH]c5cnc(-c6cncc(NC(=O)C7CCC7)c6)cc45)nc23)c1. The summed E-state index contributed by atoms with van der Waals surface area (Å²) >= 11 is 0. The highest BCUT2D eigenvalue weighted by Gasteiger charge is 2.25. The second-order valence-corrected chi connectivity index (χ2v) is 13.2. The first-order valence-corrected chi connectivity index (χ1v) is 15.9. The lowest BCUT2D eigenvalue weighted by Gasteiger charge is -2.24. The fourth-order valence-corrected chi connectivity index (χ4v) is 6.01. The van der Waals surface area contributed by atoms with E-state index in [0.717, 1.165) is 42.5 Å². The summed E-state index contributed by atoms with van der Waals surface area (Å²) in [5.74, 6) is -0.0736. The first kappa shape index (κ1) is 27.8. The molecule has 4 aromatic heterocycles. The van der Waals surface area contributed by atoms with Gasteiger partial charge in [0.05, 0.1) is 40.3 Å². The van der Waals surface area contributed by atoms with Crippen LogP contribution in [0.2, 0.25) is 0 Å². The van der Waals surface area contributed by atoms with E-state index in [0.29, 0.717) is 50.6 Å². The number of imidazole rings is 1. The van der Waals surface area contributed by atoms with Crippen molar-refractivity contribution in [2.45, 2.75) is 24.6 Å². The largest absolute Gasteiger partial charge is 0.337 e. The summed E-state index contributed by atoms with van der Waals surface area (Å²) in [7, 11) is -3.64. The Morgan fingerprint density at radius 3 is 2.68 bits per heavy atom. The molecule has 0 radical (unpaired) electrons. The Morgan fingerprint density at radius 1 is 1.07 bits per heavy atom. The van der Waals surface area contributed by atoms with Crippen LogP contribution in [-0.2, 0) is 14.6 Å². The first-order chi connectivity index (χ1) is 21.1. The van der Waals surface area contributed by atoms with Gasteiger partial charge in [-0.3, -0.25) is 19.9 Å². The molecule has 1 amide bonds. The number of halogens is 1. The van der Waals surface area contributed by atoms with Crippen molar-refractivity contribution in [2.24, 2.45) is 11.7 Å². The Balaban J connectivity index is 1.26. The molecular weight excluding hydrogens is 583 g/mol. The summed E-state index contributed by atoms with van der Waals surface area (Å²) in [6.07, 6.45) is 8.88. The van der Waals surface area contributed by atoms with Crippen molar-refractivity contribution in [2.75, 3.05) is 11.6 Å². The number of sulfone groups is 1. The third-order valence-corrected chi connectivity index (χ3v) is 9.18. The molecule has 1 unspecified atom stereocenters. The normalized spacial score (nSPS) is 14.5. The summed E-state index contributed by atoms with van der Waals surface area (Å²) in [6.45, 7) is 0. The number of rotatable bonds is 7. The van der Waals surface area contributed by atoms with Crippen molar-refractivity contribution in [3.63, 3.8) is 0 Å². The second-order valence-electron chi connectivity index (χ2n) is 11.1. The smallest absolute Gasteiger partial charge is 0.227 e. The van der Waals surface area contributed by atoms with Crippen LogP contribution in [0.4, 0.5) is 10.1 Å². The lowest BCUT2D eigenvalue weighted by atomic mass is 9.85. The quantitative estimate of drug-likeness (QED) is 0.193. The molecule has 1 fully saturated rings. The molecule has 0 saturated heterocycles. The minimum absolute atomic E-state index is 0.00712. The maximum absolute atomic E-state index is 14.7. The molecule has 44 heavy (non-hydrogen) atoms. The van der Waals surface area contributed by atoms with Crippen molar-refractivity contribution in [3.05, 3.63) is 78.5 Å². The number of nitrogens with two attached hydrogens (primary N) is 1. The van der Waals surface area contributed by atoms with Crippen molar-refractivity contribution in [1.29, 1.82) is 0 Å². The predicted octanol–water partition coefficient (Wildman–Crippen LogP) is 5.11. The number of anilines is 1. The average molecular weight is 611 g/mol. The molecule has 1 saturated carbocycles. The highest BCUT2D eigenvalue weighted by molar-refractivity contribution is 7.90. The molecular formula is C31H27FN8O3S. The lowest BCUT2D eigenvalue weighted by Crippen LogP contribution is -2.28. The summed E-state index contributed by atoms with van der Waals surface area (Å²) in [5, 5.41) is 9.84. The second kappa shape index (κ2) is 10.6. The Labute approximate surface area is 251 Å². The van der Waals surface area contributed by atoms with Gasteiger partial charge in [0.15, 0.2) is 15.7 Å². The molecule has 2 aromatic carbocycles. The monoisotopic (exact) mass is 610 g/mol. The number of hydrogen-bond acceptors (Lipinski definition) is 8. The molecule has 1 aliphatic carbocycles. The number of carbonyl (C=O) groups is 1. The van der Waals surface area contributed by atoms with E-state index in [-0.39, 0.29) is 17.4 Å². The number of aromatic nitrogens is 6. The third-order valence-electron chi connectivity index (χ3n) is 7.98. The molecule has 0 aliphatic heterocycles. The van der Waals surface area contributed by atoms with E-state index >= 15 is 0 Å². The van der Waals surface area contributed by atoms with E-state index in [1.807, 2.05) is 18.2 Å². The molecule has 1 aliphatic rings. The number of fused-ring (bicyclic) bond motifs is 2. The van der Waals surface area contributed by atoms with Crippen molar-refractivity contribution in [3.8, 4) is 33.9 Å². The Bertz CT molecular complexity index is 2190. The number of amides is 1. The van der Waals surface area contributed by atoms with E-state index in [9.17, 15) is 17.6 Å². The fraction of sp³-hybridized carbons (Fsp3) is 0.194. The summed E-state index contributed by atoms with van der Waals surface area (Å²) in [5.41, 5.74) is 11.5. The molecule has 222 valence electrons. The van der Waals surface area contributed by atoms with Gasteiger partial charge in [-0.05, 0) is 60.4 Å². The highest BCUT2D eigenvalue weighted by Crippen LogP contribution is 2.34. The van der Waals surface area contributed by atoms with Crippen molar-refractivity contribution < 1.29 is 17.6 Å². The maximum Gasteiger partial charge on any atom is 0.227 e.